The van der Waals surface area contributed by atoms with Crippen molar-refractivity contribution >= 4 is 12.2 Å². The Kier molecular flexibility index (Phi) is 6.04. The van der Waals surface area contributed by atoms with E-state index in [0.29, 0.717) is 0 Å². The van der Waals surface area contributed by atoms with Gasteiger partial charge in [0.05, 0.1) is 7.11 Å². The summed E-state index contributed by atoms with van der Waals surface area (Å²) in [6.45, 7) is -0.00450. The largest absolute Gasteiger partial charge is 0.468 e. The van der Waals surface area contributed by atoms with Crippen molar-refractivity contribution in [1.29, 1.82) is 0 Å². The number of esters is 1. The third-order valence-electron chi connectivity index (χ3n) is 2.36. The summed E-state index contributed by atoms with van der Waals surface area (Å²) in [5, 5.41) is 0. The van der Waals surface area contributed by atoms with Crippen molar-refractivity contribution in [3.05, 3.63) is 35.4 Å². The minimum Gasteiger partial charge on any atom is -0.468 e. The van der Waals surface area contributed by atoms with Crippen molar-refractivity contribution in [2.75, 3.05) is 27.9 Å². The van der Waals surface area contributed by atoms with Crippen LogP contribution in [-0.2, 0) is 19.0 Å². The number of rotatable bonds is 6. The zero-order valence-corrected chi connectivity index (χ0v) is 10.8. The van der Waals surface area contributed by atoms with E-state index in [0.717, 1.165) is 11.1 Å². The SMILES string of the molecule is COC(=O)C/N=C\c1ccccc1C(OC)OC. The van der Waals surface area contributed by atoms with E-state index in [4.69, 9.17) is 9.47 Å². The molecule has 0 aliphatic carbocycles. The fraction of sp³-hybridized carbons (Fsp3) is 0.385. The van der Waals surface area contributed by atoms with Crippen LogP contribution in [0.25, 0.3) is 0 Å². The Morgan fingerprint density at radius 1 is 1.28 bits per heavy atom. The molecule has 0 unspecified atom stereocenters. The number of benzene rings is 1. The Hall–Kier alpha value is -1.72. The predicted molar refractivity (Wildman–Crippen MR) is 67.7 cm³/mol. The lowest BCUT2D eigenvalue weighted by atomic mass is 10.1. The molecular formula is C13H17NO4. The van der Waals surface area contributed by atoms with E-state index >= 15 is 0 Å². The molecule has 18 heavy (non-hydrogen) atoms. The van der Waals surface area contributed by atoms with Crippen molar-refractivity contribution in [1.82, 2.24) is 0 Å². The van der Waals surface area contributed by atoms with E-state index < -0.39 is 6.29 Å². The highest BCUT2D eigenvalue weighted by Crippen LogP contribution is 2.20. The fourth-order valence-electron chi connectivity index (χ4n) is 1.48. The highest BCUT2D eigenvalue weighted by molar-refractivity contribution is 5.84. The number of methoxy groups -OCH3 is 3. The molecule has 1 rings (SSSR count). The number of hydrogen-bond donors (Lipinski definition) is 0. The van der Waals surface area contributed by atoms with Gasteiger partial charge in [-0.1, -0.05) is 24.3 Å². The van der Waals surface area contributed by atoms with Gasteiger partial charge in [0.1, 0.15) is 6.54 Å². The van der Waals surface area contributed by atoms with Crippen LogP contribution in [0.15, 0.2) is 29.3 Å². The number of nitrogens with zero attached hydrogens (tertiary/aromatic N) is 1. The summed E-state index contributed by atoms with van der Waals surface area (Å²) in [7, 11) is 4.46. The van der Waals surface area contributed by atoms with Crippen LogP contribution in [-0.4, -0.2) is 40.1 Å². The number of carbonyl (C=O) groups is 1. The van der Waals surface area contributed by atoms with Crippen LogP contribution in [0.3, 0.4) is 0 Å². The molecule has 0 saturated carbocycles. The van der Waals surface area contributed by atoms with Crippen LogP contribution >= 0.6 is 0 Å². The van der Waals surface area contributed by atoms with E-state index in [-0.39, 0.29) is 12.5 Å². The molecule has 98 valence electrons. The lowest BCUT2D eigenvalue weighted by molar-refractivity contribution is -0.138. The zero-order valence-electron chi connectivity index (χ0n) is 10.8. The Morgan fingerprint density at radius 3 is 2.56 bits per heavy atom. The second-order valence-corrected chi connectivity index (χ2v) is 3.48. The van der Waals surface area contributed by atoms with Gasteiger partial charge in [-0.3, -0.25) is 9.79 Å². The maximum atomic E-state index is 10.9. The molecule has 0 aromatic heterocycles. The lowest BCUT2D eigenvalue weighted by Crippen LogP contribution is -2.08. The fourth-order valence-corrected chi connectivity index (χ4v) is 1.48. The smallest absolute Gasteiger partial charge is 0.327 e. The Morgan fingerprint density at radius 2 is 1.94 bits per heavy atom. The number of aliphatic imine (C=N–C) groups is 1. The first-order valence-corrected chi connectivity index (χ1v) is 5.44. The number of ether oxygens (including phenoxy) is 3. The minimum atomic E-state index is -0.453. The molecule has 5 nitrogen and oxygen atoms in total. The number of hydrogen-bond acceptors (Lipinski definition) is 5. The summed E-state index contributed by atoms with van der Waals surface area (Å²) in [4.78, 5) is 15.0. The highest BCUT2D eigenvalue weighted by atomic mass is 16.7. The average Bonchev–Trinajstić information content (AvgIpc) is 2.41. The summed E-state index contributed by atoms with van der Waals surface area (Å²) in [5.74, 6) is -0.376. The summed E-state index contributed by atoms with van der Waals surface area (Å²) in [6.07, 6.45) is 1.16. The molecule has 0 N–H and O–H groups in total. The molecule has 0 radical (unpaired) electrons. The van der Waals surface area contributed by atoms with Crippen LogP contribution in [0, 0.1) is 0 Å². The third kappa shape index (κ3) is 3.94. The molecule has 0 spiro atoms. The van der Waals surface area contributed by atoms with Crippen molar-refractivity contribution in [2.24, 2.45) is 4.99 Å². The molecule has 0 bridgehead atoms. The van der Waals surface area contributed by atoms with E-state index in [9.17, 15) is 4.79 Å². The van der Waals surface area contributed by atoms with Gasteiger partial charge >= 0.3 is 5.97 Å². The summed E-state index contributed by atoms with van der Waals surface area (Å²) in [6, 6.07) is 7.53. The average molecular weight is 251 g/mol. The highest BCUT2D eigenvalue weighted by Gasteiger charge is 2.11. The first-order chi connectivity index (χ1) is 8.72. The van der Waals surface area contributed by atoms with Crippen molar-refractivity contribution in [3.63, 3.8) is 0 Å². The molecule has 0 heterocycles. The van der Waals surface area contributed by atoms with Crippen LogP contribution in [0.1, 0.15) is 17.4 Å². The Balaban J connectivity index is 2.85. The molecule has 0 fully saturated rings. The molecule has 1 aromatic rings. The second kappa shape index (κ2) is 7.58. The normalized spacial score (nSPS) is 11.1. The van der Waals surface area contributed by atoms with Crippen molar-refractivity contribution < 1.29 is 19.0 Å². The molecule has 5 heteroatoms. The lowest BCUT2D eigenvalue weighted by Gasteiger charge is -2.15. The van der Waals surface area contributed by atoms with Crippen molar-refractivity contribution in [2.45, 2.75) is 6.29 Å². The van der Waals surface area contributed by atoms with E-state index in [2.05, 4.69) is 9.73 Å². The van der Waals surface area contributed by atoms with Gasteiger partial charge in [-0.25, -0.2) is 0 Å². The van der Waals surface area contributed by atoms with Crippen LogP contribution in [0.5, 0.6) is 0 Å². The molecule has 0 amide bonds. The number of carbonyl (C=O) groups excluding carboxylic acids is 1. The van der Waals surface area contributed by atoms with E-state index in [1.54, 1.807) is 20.4 Å². The molecule has 0 atom stereocenters. The third-order valence-corrected chi connectivity index (χ3v) is 2.36. The first-order valence-electron chi connectivity index (χ1n) is 5.44. The maximum Gasteiger partial charge on any atom is 0.327 e. The monoisotopic (exact) mass is 251 g/mol. The van der Waals surface area contributed by atoms with Gasteiger partial charge in [0.2, 0.25) is 0 Å². The van der Waals surface area contributed by atoms with Crippen LogP contribution < -0.4 is 0 Å². The standard InChI is InChI=1S/C13H17NO4/c1-16-12(15)9-14-8-10-6-4-5-7-11(10)13(17-2)18-3/h4-8,13H,9H2,1-3H3/b14-8-. The van der Waals surface area contributed by atoms with Crippen molar-refractivity contribution in [3.8, 4) is 0 Å². The second-order valence-electron chi connectivity index (χ2n) is 3.48. The van der Waals surface area contributed by atoms with Gasteiger partial charge < -0.3 is 14.2 Å². The molecule has 0 saturated heterocycles. The van der Waals surface area contributed by atoms with E-state index in [1.807, 2.05) is 24.3 Å². The summed E-state index contributed by atoms with van der Waals surface area (Å²) >= 11 is 0. The van der Waals surface area contributed by atoms with Crippen LogP contribution in [0.4, 0.5) is 0 Å². The van der Waals surface area contributed by atoms with Gasteiger partial charge in [-0.15, -0.1) is 0 Å². The Labute approximate surface area is 106 Å². The first kappa shape index (κ1) is 14.3. The van der Waals surface area contributed by atoms with Gasteiger partial charge in [-0.05, 0) is 0 Å². The molecular weight excluding hydrogens is 234 g/mol. The van der Waals surface area contributed by atoms with Gasteiger partial charge in [0.15, 0.2) is 6.29 Å². The zero-order chi connectivity index (χ0) is 13.4. The predicted octanol–water partition coefficient (Wildman–Crippen LogP) is 1.57. The molecule has 0 aliphatic heterocycles. The Bertz CT molecular complexity index is 413. The van der Waals surface area contributed by atoms with Crippen LogP contribution in [0.2, 0.25) is 0 Å². The van der Waals surface area contributed by atoms with Gasteiger partial charge in [-0.2, -0.15) is 0 Å². The topological polar surface area (TPSA) is 57.1 Å². The maximum absolute atomic E-state index is 10.9. The van der Waals surface area contributed by atoms with E-state index in [1.165, 1.54) is 7.11 Å². The quantitative estimate of drug-likeness (QED) is 0.437. The summed E-state index contributed by atoms with van der Waals surface area (Å²) in [5.41, 5.74) is 1.70. The van der Waals surface area contributed by atoms with Gasteiger partial charge in [0.25, 0.3) is 0 Å². The molecule has 1 aromatic carbocycles. The summed E-state index contributed by atoms with van der Waals surface area (Å²) < 4.78 is 14.9. The van der Waals surface area contributed by atoms with Gasteiger partial charge in [0, 0.05) is 31.6 Å². The minimum absolute atomic E-state index is 0.00450. The molecule has 0 aliphatic rings.